The maximum atomic E-state index is 12.6. The molecule has 4 nitrogen and oxygen atoms in total. The second-order valence-electron chi connectivity index (χ2n) is 4.11. The molecule has 0 aliphatic carbocycles. The highest BCUT2D eigenvalue weighted by Gasteiger charge is 2.30. The van der Waals surface area contributed by atoms with E-state index in [-0.39, 0.29) is 22.2 Å². The molecular formula is C13H9F3O4S. The van der Waals surface area contributed by atoms with Gasteiger partial charge >= 0.3 is 12.1 Å². The molecule has 112 valence electrons. The summed E-state index contributed by atoms with van der Waals surface area (Å²) in [7, 11) is -1.76. The van der Waals surface area contributed by atoms with Crippen molar-refractivity contribution in [3.63, 3.8) is 0 Å². The lowest BCUT2D eigenvalue weighted by Crippen LogP contribution is -2.06. The Labute approximate surface area is 119 Å². The molecule has 1 heterocycles. The Kier molecular flexibility index (Phi) is 4.17. The minimum absolute atomic E-state index is 0.0928. The lowest BCUT2D eigenvalue weighted by atomic mass is 10.1. The minimum Gasteiger partial charge on any atom is -0.475 e. The van der Waals surface area contributed by atoms with Crippen LogP contribution in [0, 0.1) is 0 Å². The van der Waals surface area contributed by atoms with Crippen molar-refractivity contribution in [2.75, 3.05) is 0 Å². The predicted octanol–water partition coefficient (Wildman–Crippen LogP) is 3.30. The largest absolute Gasteiger partial charge is 0.475 e. The van der Waals surface area contributed by atoms with E-state index in [1.54, 1.807) is 0 Å². The molecule has 0 saturated heterocycles. The molecule has 1 N–H and O–H groups in total. The Morgan fingerprint density at radius 1 is 1.24 bits per heavy atom. The Morgan fingerprint density at radius 2 is 1.95 bits per heavy atom. The van der Waals surface area contributed by atoms with E-state index < -0.39 is 28.5 Å². The van der Waals surface area contributed by atoms with Crippen molar-refractivity contribution < 1.29 is 31.7 Å². The number of carboxylic acids is 1. The summed E-state index contributed by atoms with van der Waals surface area (Å²) in [4.78, 5) is 10.6. The molecule has 8 heteroatoms. The van der Waals surface area contributed by atoms with Crippen molar-refractivity contribution >= 4 is 16.8 Å². The molecule has 0 fully saturated rings. The van der Waals surface area contributed by atoms with Gasteiger partial charge in [-0.1, -0.05) is 18.2 Å². The Bertz CT molecular complexity index is 691. The van der Waals surface area contributed by atoms with E-state index in [1.807, 2.05) is 0 Å². The van der Waals surface area contributed by atoms with E-state index in [0.717, 1.165) is 18.2 Å². The highest BCUT2D eigenvalue weighted by molar-refractivity contribution is 7.84. The fraction of sp³-hybridized carbons (Fsp3) is 0.154. The standard InChI is InChI=1S/C13H9F3O4S/c14-13(15,16)9-3-1-2-8(6-9)7-21(19)11-5-4-10(20-11)12(17)18/h1-6H,7H2,(H,17,18). The molecule has 0 aliphatic rings. The van der Waals surface area contributed by atoms with Gasteiger partial charge in [0.1, 0.15) is 0 Å². The van der Waals surface area contributed by atoms with Gasteiger partial charge in [0, 0.05) is 0 Å². The molecule has 1 aromatic heterocycles. The highest BCUT2D eigenvalue weighted by Crippen LogP contribution is 2.30. The Hall–Kier alpha value is -2.09. The maximum absolute atomic E-state index is 12.6. The summed E-state index contributed by atoms with van der Waals surface area (Å²) >= 11 is 0. The average molecular weight is 318 g/mol. The zero-order chi connectivity index (χ0) is 15.6. The van der Waals surface area contributed by atoms with Crippen molar-refractivity contribution in [1.29, 1.82) is 0 Å². The SMILES string of the molecule is O=C(O)c1ccc(S(=O)Cc2cccc(C(F)(F)F)c2)o1. The molecule has 1 aromatic carbocycles. The molecule has 0 spiro atoms. The van der Waals surface area contributed by atoms with Crippen LogP contribution in [0.4, 0.5) is 13.2 Å². The second kappa shape index (κ2) is 5.72. The van der Waals surface area contributed by atoms with Gasteiger partial charge < -0.3 is 9.52 Å². The molecule has 0 amide bonds. The predicted molar refractivity (Wildman–Crippen MR) is 67.2 cm³/mol. The number of carboxylic acid groups (broad SMARTS) is 1. The van der Waals surface area contributed by atoms with Crippen LogP contribution in [-0.4, -0.2) is 15.3 Å². The normalized spacial score (nSPS) is 13.1. The second-order valence-corrected chi connectivity index (χ2v) is 5.49. The number of alkyl halides is 3. The minimum atomic E-state index is -4.47. The molecule has 1 unspecified atom stereocenters. The molecule has 0 bridgehead atoms. The number of hydrogen-bond acceptors (Lipinski definition) is 3. The van der Waals surface area contributed by atoms with Gasteiger partial charge in [-0.25, -0.2) is 4.79 Å². The van der Waals surface area contributed by atoms with Gasteiger partial charge in [0.05, 0.1) is 22.1 Å². The molecule has 0 aliphatic heterocycles. The van der Waals surface area contributed by atoms with Gasteiger partial charge in [-0.3, -0.25) is 4.21 Å². The highest BCUT2D eigenvalue weighted by atomic mass is 32.2. The summed E-state index contributed by atoms with van der Waals surface area (Å²) in [6, 6.07) is 6.82. The van der Waals surface area contributed by atoms with Crippen LogP contribution in [-0.2, 0) is 22.7 Å². The summed E-state index contributed by atoms with van der Waals surface area (Å²) in [6.07, 6.45) is -4.47. The van der Waals surface area contributed by atoms with E-state index in [9.17, 15) is 22.2 Å². The topological polar surface area (TPSA) is 67.5 Å². The Balaban J connectivity index is 2.17. The summed E-state index contributed by atoms with van der Waals surface area (Å²) in [5, 5.41) is 8.59. The van der Waals surface area contributed by atoms with Crippen LogP contribution in [0.3, 0.4) is 0 Å². The number of rotatable bonds is 4. The summed E-state index contributed by atoms with van der Waals surface area (Å²) in [5.74, 6) is -1.88. The number of hydrogen-bond donors (Lipinski definition) is 1. The van der Waals surface area contributed by atoms with Gasteiger partial charge in [-0.2, -0.15) is 13.2 Å². The van der Waals surface area contributed by atoms with E-state index in [0.29, 0.717) is 0 Å². The van der Waals surface area contributed by atoms with Crippen molar-refractivity contribution in [2.45, 2.75) is 17.0 Å². The van der Waals surface area contributed by atoms with Crippen molar-refractivity contribution in [3.8, 4) is 0 Å². The quantitative estimate of drug-likeness (QED) is 0.939. The van der Waals surface area contributed by atoms with Crippen molar-refractivity contribution in [2.24, 2.45) is 0 Å². The maximum Gasteiger partial charge on any atom is 0.416 e. The smallest absolute Gasteiger partial charge is 0.416 e. The van der Waals surface area contributed by atoms with Crippen LogP contribution >= 0.6 is 0 Å². The molecule has 0 radical (unpaired) electrons. The van der Waals surface area contributed by atoms with Gasteiger partial charge in [0.25, 0.3) is 0 Å². The fourth-order valence-corrected chi connectivity index (χ4v) is 2.64. The van der Waals surface area contributed by atoms with E-state index in [1.165, 1.54) is 18.2 Å². The number of carbonyl (C=O) groups is 1. The van der Waals surface area contributed by atoms with Crippen molar-refractivity contribution in [3.05, 3.63) is 53.3 Å². The first-order valence-electron chi connectivity index (χ1n) is 5.65. The van der Waals surface area contributed by atoms with Crippen LogP contribution in [0.25, 0.3) is 0 Å². The van der Waals surface area contributed by atoms with Crippen LogP contribution in [0.15, 0.2) is 45.9 Å². The van der Waals surface area contributed by atoms with E-state index in [4.69, 9.17) is 9.52 Å². The average Bonchev–Trinajstić information content (AvgIpc) is 2.88. The third-order valence-electron chi connectivity index (χ3n) is 2.57. The zero-order valence-electron chi connectivity index (χ0n) is 10.4. The third-order valence-corrected chi connectivity index (χ3v) is 3.83. The van der Waals surface area contributed by atoms with Gasteiger partial charge in [0.15, 0.2) is 5.09 Å². The van der Waals surface area contributed by atoms with Gasteiger partial charge in [-0.05, 0) is 23.8 Å². The summed E-state index contributed by atoms with van der Waals surface area (Å²) in [5.41, 5.74) is -0.612. The third kappa shape index (κ3) is 3.72. The van der Waals surface area contributed by atoms with Crippen LogP contribution in [0.5, 0.6) is 0 Å². The first-order chi connectivity index (χ1) is 9.77. The van der Waals surface area contributed by atoms with E-state index in [2.05, 4.69) is 0 Å². The first kappa shape index (κ1) is 15.3. The Morgan fingerprint density at radius 3 is 2.52 bits per heavy atom. The van der Waals surface area contributed by atoms with E-state index >= 15 is 0 Å². The summed E-state index contributed by atoms with van der Waals surface area (Å²) < 4.78 is 54.5. The summed E-state index contributed by atoms with van der Waals surface area (Å²) in [6.45, 7) is 0. The lowest BCUT2D eigenvalue weighted by molar-refractivity contribution is -0.137. The molecule has 21 heavy (non-hydrogen) atoms. The molecule has 2 aromatic rings. The number of halogens is 3. The van der Waals surface area contributed by atoms with Gasteiger partial charge in [0.2, 0.25) is 5.76 Å². The first-order valence-corrected chi connectivity index (χ1v) is 6.97. The fourth-order valence-electron chi connectivity index (χ4n) is 1.62. The number of benzene rings is 1. The van der Waals surface area contributed by atoms with Crippen LogP contribution in [0.2, 0.25) is 0 Å². The number of furan rings is 1. The lowest BCUT2D eigenvalue weighted by Gasteiger charge is -2.08. The monoisotopic (exact) mass is 318 g/mol. The molecule has 1 atom stereocenters. The van der Waals surface area contributed by atoms with Crippen LogP contribution < -0.4 is 0 Å². The molecule has 0 saturated carbocycles. The van der Waals surface area contributed by atoms with Crippen molar-refractivity contribution in [1.82, 2.24) is 0 Å². The van der Waals surface area contributed by atoms with Crippen LogP contribution in [0.1, 0.15) is 21.7 Å². The zero-order valence-corrected chi connectivity index (χ0v) is 11.2. The molecule has 2 rings (SSSR count). The number of aromatic carboxylic acids is 1. The van der Waals surface area contributed by atoms with Gasteiger partial charge in [-0.15, -0.1) is 0 Å². The molecular weight excluding hydrogens is 309 g/mol.